The highest BCUT2D eigenvalue weighted by molar-refractivity contribution is 8.05. The van der Waals surface area contributed by atoms with Gasteiger partial charge in [0.2, 0.25) is 5.91 Å². The first kappa shape index (κ1) is 18.7. The summed E-state index contributed by atoms with van der Waals surface area (Å²) in [7, 11) is 1.47. The van der Waals surface area contributed by atoms with Gasteiger partial charge >= 0.3 is 0 Å². The molecule has 1 aliphatic heterocycles. The molecule has 0 aliphatic carbocycles. The van der Waals surface area contributed by atoms with Crippen LogP contribution in [0.1, 0.15) is 11.1 Å². The highest BCUT2D eigenvalue weighted by atomic mass is 32.2. The van der Waals surface area contributed by atoms with E-state index < -0.39 is 11.2 Å². The summed E-state index contributed by atoms with van der Waals surface area (Å²) in [4.78, 5) is 26.9. The van der Waals surface area contributed by atoms with Crippen molar-refractivity contribution in [1.29, 1.82) is 5.26 Å². The number of nitriles is 1. The number of anilines is 1. The van der Waals surface area contributed by atoms with Crippen LogP contribution < -0.4 is 10.2 Å². The second-order valence-corrected chi connectivity index (χ2v) is 7.31. The average molecular weight is 377 g/mol. The van der Waals surface area contributed by atoms with Crippen molar-refractivity contribution < 1.29 is 9.59 Å². The molecule has 6 heteroatoms. The van der Waals surface area contributed by atoms with Gasteiger partial charge in [0.1, 0.15) is 16.7 Å². The molecule has 1 unspecified atom stereocenters. The van der Waals surface area contributed by atoms with E-state index in [0.29, 0.717) is 17.1 Å². The summed E-state index contributed by atoms with van der Waals surface area (Å²) in [6, 6.07) is 19.0. The van der Waals surface area contributed by atoms with Crippen molar-refractivity contribution in [3.05, 3.63) is 76.3 Å². The first-order valence-electron chi connectivity index (χ1n) is 8.53. The van der Waals surface area contributed by atoms with E-state index in [4.69, 9.17) is 0 Å². The molecule has 5 nitrogen and oxygen atoms in total. The molecular weight excluding hydrogens is 358 g/mol. The number of carbonyl (C=O) groups is 2. The Morgan fingerprint density at radius 1 is 1.19 bits per heavy atom. The first-order chi connectivity index (χ1) is 13.1. The van der Waals surface area contributed by atoms with Crippen LogP contribution in [0.4, 0.5) is 5.69 Å². The maximum Gasteiger partial charge on any atom is 0.264 e. The Balaban J connectivity index is 2.05. The van der Waals surface area contributed by atoms with E-state index in [0.717, 1.165) is 11.1 Å². The number of amides is 2. The number of nitrogens with zero attached hydrogens (tertiary/aromatic N) is 2. The molecule has 1 fully saturated rings. The third-order valence-corrected chi connectivity index (χ3v) is 5.68. The second-order valence-electron chi connectivity index (χ2n) is 6.12. The predicted octanol–water partition coefficient (Wildman–Crippen LogP) is 3.17. The number of thioether (sulfide) groups is 1. The Hall–Kier alpha value is -3.04. The zero-order chi connectivity index (χ0) is 19.4. The van der Waals surface area contributed by atoms with Gasteiger partial charge in [0.05, 0.1) is 5.25 Å². The fraction of sp³-hybridized carbons (Fsp3) is 0.190. The van der Waals surface area contributed by atoms with E-state index in [9.17, 15) is 14.9 Å². The van der Waals surface area contributed by atoms with E-state index >= 15 is 0 Å². The standard InChI is InChI=1S/C21H19N3O2S/c1-14-8-6-7-9-15(14)12-18-20(26)24(16-10-4-3-5-11-16)21(27-18)17(13-22)19(25)23-2/h3-11,18H,12H2,1-2H3,(H,23,25)/b21-17+. The lowest BCUT2D eigenvalue weighted by Crippen LogP contribution is -2.31. The van der Waals surface area contributed by atoms with Gasteiger partial charge in [-0.2, -0.15) is 5.26 Å². The molecule has 0 bridgehead atoms. The number of aryl methyl sites for hydroxylation is 1. The Bertz CT molecular complexity index is 947. The largest absolute Gasteiger partial charge is 0.354 e. The second kappa shape index (κ2) is 8.11. The van der Waals surface area contributed by atoms with Gasteiger partial charge in [-0.3, -0.25) is 14.5 Å². The fourth-order valence-corrected chi connectivity index (χ4v) is 4.26. The minimum atomic E-state index is -0.495. The molecule has 27 heavy (non-hydrogen) atoms. The Labute approximate surface area is 162 Å². The van der Waals surface area contributed by atoms with E-state index in [1.165, 1.54) is 23.7 Å². The summed E-state index contributed by atoms with van der Waals surface area (Å²) < 4.78 is 0. The van der Waals surface area contributed by atoms with Crippen LogP contribution in [0, 0.1) is 18.3 Å². The van der Waals surface area contributed by atoms with Gasteiger partial charge in [0, 0.05) is 12.7 Å². The zero-order valence-corrected chi connectivity index (χ0v) is 15.9. The number of rotatable bonds is 4. The molecule has 2 aromatic rings. The molecule has 1 saturated heterocycles. The number of hydrogen-bond acceptors (Lipinski definition) is 4. The molecular formula is C21H19N3O2S. The van der Waals surface area contributed by atoms with Gasteiger partial charge in [0.25, 0.3) is 5.91 Å². The Kier molecular flexibility index (Phi) is 5.63. The van der Waals surface area contributed by atoms with E-state index in [1.54, 1.807) is 12.1 Å². The summed E-state index contributed by atoms with van der Waals surface area (Å²) >= 11 is 1.27. The molecule has 0 radical (unpaired) electrons. The number of carbonyl (C=O) groups excluding carboxylic acids is 2. The monoisotopic (exact) mass is 377 g/mol. The van der Waals surface area contributed by atoms with Crippen LogP contribution in [0.25, 0.3) is 0 Å². The first-order valence-corrected chi connectivity index (χ1v) is 9.41. The molecule has 1 aliphatic rings. The van der Waals surface area contributed by atoms with Crippen LogP contribution in [-0.4, -0.2) is 24.1 Å². The zero-order valence-electron chi connectivity index (χ0n) is 15.1. The smallest absolute Gasteiger partial charge is 0.264 e. The van der Waals surface area contributed by atoms with Crippen molar-refractivity contribution in [2.24, 2.45) is 0 Å². The number of likely N-dealkylation sites (N-methyl/N-ethyl adjacent to an activating group) is 1. The lowest BCUT2D eigenvalue weighted by molar-refractivity contribution is -0.117. The summed E-state index contributed by atoms with van der Waals surface area (Å²) in [6.45, 7) is 2.01. The molecule has 0 saturated carbocycles. The molecule has 0 aromatic heterocycles. The minimum absolute atomic E-state index is 0.0491. The van der Waals surface area contributed by atoms with Crippen molar-refractivity contribution in [3.63, 3.8) is 0 Å². The molecule has 0 spiro atoms. The van der Waals surface area contributed by atoms with Gasteiger partial charge in [-0.25, -0.2) is 0 Å². The van der Waals surface area contributed by atoms with E-state index in [-0.39, 0.29) is 11.5 Å². The van der Waals surface area contributed by atoms with E-state index in [2.05, 4.69) is 5.32 Å². The predicted molar refractivity (Wildman–Crippen MR) is 107 cm³/mol. The topological polar surface area (TPSA) is 73.2 Å². The fourth-order valence-electron chi connectivity index (χ4n) is 2.96. The number of nitrogens with one attached hydrogen (secondary N) is 1. The molecule has 1 atom stereocenters. The van der Waals surface area contributed by atoms with Gasteiger partial charge in [0.15, 0.2) is 0 Å². The molecule has 136 valence electrons. The SMILES string of the molecule is CNC(=O)/C(C#N)=C1/SC(Cc2ccccc2C)C(=O)N1c1ccccc1. The van der Waals surface area contributed by atoms with Crippen LogP contribution in [0.3, 0.4) is 0 Å². The van der Waals surface area contributed by atoms with Gasteiger partial charge in [-0.15, -0.1) is 0 Å². The molecule has 2 amide bonds. The minimum Gasteiger partial charge on any atom is -0.354 e. The van der Waals surface area contributed by atoms with Crippen molar-refractivity contribution in [3.8, 4) is 6.07 Å². The number of hydrogen-bond donors (Lipinski definition) is 1. The maximum atomic E-state index is 13.2. The molecule has 3 rings (SSSR count). The third kappa shape index (κ3) is 3.74. The van der Waals surface area contributed by atoms with Crippen molar-refractivity contribution >= 4 is 29.3 Å². The highest BCUT2D eigenvalue weighted by Crippen LogP contribution is 2.41. The molecule has 1 N–H and O–H groups in total. The normalized spacial score (nSPS) is 18.2. The lowest BCUT2D eigenvalue weighted by atomic mass is 10.0. The Morgan fingerprint density at radius 2 is 1.85 bits per heavy atom. The highest BCUT2D eigenvalue weighted by Gasteiger charge is 2.40. The van der Waals surface area contributed by atoms with Crippen LogP contribution in [-0.2, 0) is 16.0 Å². The van der Waals surface area contributed by atoms with Gasteiger partial charge in [-0.05, 0) is 36.6 Å². The summed E-state index contributed by atoms with van der Waals surface area (Å²) in [5, 5.41) is 12.0. The Morgan fingerprint density at radius 3 is 2.48 bits per heavy atom. The van der Waals surface area contributed by atoms with Crippen molar-refractivity contribution in [2.45, 2.75) is 18.6 Å². The summed E-state index contributed by atoms with van der Waals surface area (Å²) in [5.74, 6) is -0.619. The van der Waals surface area contributed by atoms with Crippen LogP contribution in [0.2, 0.25) is 0 Å². The third-order valence-electron chi connectivity index (χ3n) is 4.41. The quantitative estimate of drug-likeness (QED) is 0.656. The summed E-state index contributed by atoms with van der Waals surface area (Å²) in [5.41, 5.74) is 2.79. The number of para-hydroxylation sites is 1. The van der Waals surface area contributed by atoms with E-state index in [1.807, 2.05) is 55.5 Å². The van der Waals surface area contributed by atoms with Gasteiger partial charge < -0.3 is 5.32 Å². The van der Waals surface area contributed by atoms with Crippen molar-refractivity contribution in [1.82, 2.24) is 5.32 Å². The van der Waals surface area contributed by atoms with Crippen LogP contribution in [0.15, 0.2) is 65.2 Å². The van der Waals surface area contributed by atoms with Crippen molar-refractivity contribution in [2.75, 3.05) is 11.9 Å². The summed E-state index contributed by atoms with van der Waals surface area (Å²) in [6.07, 6.45) is 0.537. The average Bonchev–Trinajstić information content (AvgIpc) is 3.00. The lowest BCUT2D eigenvalue weighted by Gasteiger charge is -2.18. The molecule has 1 heterocycles. The van der Waals surface area contributed by atoms with Crippen LogP contribution >= 0.6 is 11.8 Å². The maximum absolute atomic E-state index is 13.2. The molecule has 2 aromatic carbocycles. The van der Waals surface area contributed by atoms with Gasteiger partial charge in [-0.1, -0.05) is 54.2 Å². The number of benzene rings is 2. The van der Waals surface area contributed by atoms with Crippen LogP contribution in [0.5, 0.6) is 0 Å².